The Labute approximate surface area is 176 Å². The topological polar surface area (TPSA) is 110 Å². The summed E-state index contributed by atoms with van der Waals surface area (Å²) in [5.41, 5.74) is -0.423. The molecule has 2 atom stereocenters. The molecule has 8 nitrogen and oxygen atoms in total. The van der Waals surface area contributed by atoms with E-state index in [-0.39, 0.29) is 18.8 Å². The van der Waals surface area contributed by atoms with Gasteiger partial charge in [0.15, 0.2) is 15.9 Å². The second-order valence-corrected chi connectivity index (χ2v) is 8.81. The molecule has 1 fully saturated rings. The van der Waals surface area contributed by atoms with Crippen LogP contribution in [0.1, 0.15) is 18.4 Å². The van der Waals surface area contributed by atoms with Gasteiger partial charge < -0.3 is 14.6 Å². The summed E-state index contributed by atoms with van der Waals surface area (Å²) in [7, 11) is -0.939. The first-order valence-electron chi connectivity index (χ1n) is 9.09. The largest absolute Gasteiger partial charge is 0.467 e. The lowest BCUT2D eigenvalue weighted by atomic mass is 9.91. The highest BCUT2D eigenvalue weighted by Crippen LogP contribution is 2.35. The Morgan fingerprint density at radius 2 is 2.00 bits per heavy atom. The van der Waals surface area contributed by atoms with E-state index < -0.39 is 33.2 Å². The van der Waals surface area contributed by atoms with E-state index in [1.54, 1.807) is 24.3 Å². The third-order valence-corrected chi connectivity index (χ3v) is 6.54. The van der Waals surface area contributed by atoms with E-state index in [9.17, 15) is 18.0 Å². The minimum Gasteiger partial charge on any atom is -0.467 e. The molecule has 160 valence electrons. The van der Waals surface area contributed by atoms with Crippen LogP contribution in [0.3, 0.4) is 0 Å². The molecule has 2 rings (SSSR count). The molecule has 1 aliphatic rings. The molecule has 30 heavy (non-hydrogen) atoms. The number of carbonyl (C=O) groups is 2. The Hall–Kier alpha value is -2.85. The number of ether oxygens (including phenoxy) is 2. The van der Waals surface area contributed by atoms with Crippen molar-refractivity contribution in [1.82, 2.24) is 0 Å². The number of hydrogen-bond acceptors (Lipinski definition) is 7. The van der Waals surface area contributed by atoms with Crippen molar-refractivity contribution in [3.63, 3.8) is 0 Å². The average Bonchev–Trinajstić information content (AvgIpc) is 3.07. The van der Waals surface area contributed by atoms with Crippen molar-refractivity contribution in [3.8, 4) is 23.7 Å². The van der Waals surface area contributed by atoms with E-state index in [1.807, 2.05) is 0 Å². The molecule has 1 saturated heterocycles. The van der Waals surface area contributed by atoms with Gasteiger partial charge in [0, 0.05) is 24.8 Å². The molecule has 1 N–H and O–H groups in total. The number of anilines is 1. The fraction of sp³-hybridized carbons (Fsp3) is 0.429. The van der Waals surface area contributed by atoms with Crippen LogP contribution in [0.5, 0.6) is 0 Å². The maximum atomic E-state index is 12.6. The highest BCUT2D eigenvalue weighted by atomic mass is 32.2. The van der Waals surface area contributed by atoms with Crippen LogP contribution < -0.4 is 4.90 Å². The molecule has 1 heterocycles. The number of aliphatic hydroxyl groups is 1. The smallest absolute Gasteiger partial charge is 0.332 e. The van der Waals surface area contributed by atoms with Gasteiger partial charge in [-0.15, -0.1) is 0 Å². The summed E-state index contributed by atoms with van der Waals surface area (Å²) >= 11 is 0. The number of methoxy groups -OCH3 is 2. The lowest BCUT2D eigenvalue weighted by molar-refractivity contribution is -0.150. The molecule has 1 aliphatic heterocycles. The van der Waals surface area contributed by atoms with Gasteiger partial charge in [-0.25, -0.2) is 13.2 Å². The van der Waals surface area contributed by atoms with Gasteiger partial charge in [-0.3, -0.25) is 9.69 Å². The molecular formula is C21H23NO7S. The summed E-state index contributed by atoms with van der Waals surface area (Å²) in [6.45, 7) is -0.0312. The molecule has 0 aromatic heterocycles. The Kier molecular flexibility index (Phi) is 8.01. The fourth-order valence-corrected chi connectivity index (χ4v) is 5.25. The molecule has 1 amide bonds. The number of amides is 1. The van der Waals surface area contributed by atoms with Crippen molar-refractivity contribution >= 4 is 27.9 Å². The van der Waals surface area contributed by atoms with Crippen molar-refractivity contribution in [1.29, 1.82) is 0 Å². The van der Waals surface area contributed by atoms with Gasteiger partial charge >= 0.3 is 5.97 Å². The third-order valence-electron chi connectivity index (χ3n) is 4.78. The van der Waals surface area contributed by atoms with E-state index in [2.05, 4.69) is 23.7 Å². The number of esters is 1. The van der Waals surface area contributed by atoms with Crippen LogP contribution in [-0.4, -0.2) is 69.9 Å². The molecule has 1 aromatic rings. The van der Waals surface area contributed by atoms with Crippen LogP contribution in [0.25, 0.3) is 0 Å². The van der Waals surface area contributed by atoms with E-state index in [1.165, 1.54) is 14.2 Å². The molecule has 0 radical (unpaired) electrons. The van der Waals surface area contributed by atoms with Gasteiger partial charge in [0.25, 0.3) is 0 Å². The Morgan fingerprint density at radius 3 is 2.50 bits per heavy atom. The second-order valence-electron chi connectivity index (χ2n) is 6.62. The van der Waals surface area contributed by atoms with Crippen LogP contribution in [-0.2, 0) is 28.9 Å². The lowest BCUT2D eigenvalue weighted by Crippen LogP contribution is -2.59. The van der Waals surface area contributed by atoms with Crippen LogP contribution >= 0.6 is 0 Å². The minimum absolute atomic E-state index is 0.0312. The number of hydrogen-bond donors (Lipinski definition) is 1. The van der Waals surface area contributed by atoms with Gasteiger partial charge in [0.05, 0.1) is 25.2 Å². The zero-order valence-corrected chi connectivity index (χ0v) is 17.6. The fourth-order valence-electron chi connectivity index (χ4n) is 3.28. The maximum Gasteiger partial charge on any atom is 0.332 e. The van der Waals surface area contributed by atoms with Crippen LogP contribution in [0.15, 0.2) is 24.3 Å². The van der Waals surface area contributed by atoms with E-state index in [0.29, 0.717) is 24.1 Å². The maximum absolute atomic E-state index is 12.6. The molecule has 0 saturated carbocycles. The van der Waals surface area contributed by atoms with Crippen LogP contribution in [0.2, 0.25) is 0 Å². The summed E-state index contributed by atoms with van der Waals surface area (Å²) in [6.07, 6.45) is 0.855. The zero-order chi connectivity index (χ0) is 22.2. The van der Waals surface area contributed by atoms with Crippen molar-refractivity contribution in [2.75, 3.05) is 37.2 Å². The normalized spacial score (nSPS) is 20.1. The van der Waals surface area contributed by atoms with Crippen molar-refractivity contribution < 1.29 is 32.6 Å². The van der Waals surface area contributed by atoms with Crippen molar-refractivity contribution in [2.24, 2.45) is 0 Å². The first-order valence-corrected chi connectivity index (χ1v) is 10.9. The van der Waals surface area contributed by atoms with Gasteiger partial charge in [0.1, 0.15) is 5.60 Å². The Bertz CT molecular complexity index is 996. The van der Waals surface area contributed by atoms with Gasteiger partial charge in [0.2, 0.25) is 6.41 Å². The summed E-state index contributed by atoms with van der Waals surface area (Å²) < 4.78 is 34.6. The number of rotatable bonds is 7. The van der Waals surface area contributed by atoms with E-state index in [0.717, 1.165) is 4.90 Å². The molecule has 0 spiro atoms. The zero-order valence-electron chi connectivity index (χ0n) is 16.8. The molecule has 1 aromatic carbocycles. The highest BCUT2D eigenvalue weighted by molar-refractivity contribution is 7.91. The third kappa shape index (κ3) is 5.39. The predicted molar refractivity (Wildman–Crippen MR) is 110 cm³/mol. The minimum atomic E-state index is -3.42. The van der Waals surface area contributed by atoms with Gasteiger partial charge in [-0.05, 0) is 42.5 Å². The number of carbonyl (C=O) groups excluding carboxylic acids is 2. The van der Waals surface area contributed by atoms with Crippen molar-refractivity contribution in [2.45, 2.75) is 24.5 Å². The van der Waals surface area contributed by atoms with Crippen LogP contribution in [0.4, 0.5) is 5.69 Å². The SMILES string of the molecule is COC(=O)C(N(C=O)c1ccc(C#CC#CCCO)cc1)C1(OC)CCS(=O)(=O)C1. The van der Waals surface area contributed by atoms with Gasteiger partial charge in [-0.1, -0.05) is 11.8 Å². The van der Waals surface area contributed by atoms with Gasteiger partial charge in [-0.2, -0.15) is 0 Å². The first kappa shape index (κ1) is 23.4. The second kappa shape index (κ2) is 10.3. The monoisotopic (exact) mass is 433 g/mol. The number of nitrogens with zero attached hydrogens (tertiary/aromatic N) is 1. The summed E-state index contributed by atoms with van der Waals surface area (Å²) in [4.78, 5) is 25.7. The lowest BCUT2D eigenvalue weighted by Gasteiger charge is -2.38. The molecule has 0 aliphatic carbocycles. The molecule has 9 heteroatoms. The number of sulfone groups is 1. The highest BCUT2D eigenvalue weighted by Gasteiger charge is 2.54. The summed E-state index contributed by atoms with van der Waals surface area (Å²) in [5, 5.41) is 8.67. The predicted octanol–water partition coefficient (Wildman–Crippen LogP) is 0.132. The first-order chi connectivity index (χ1) is 14.3. The number of benzene rings is 1. The quantitative estimate of drug-likeness (QED) is 0.370. The van der Waals surface area contributed by atoms with E-state index >= 15 is 0 Å². The molecule has 0 bridgehead atoms. The number of aliphatic hydroxyl groups excluding tert-OH is 1. The average molecular weight is 433 g/mol. The summed E-state index contributed by atoms with van der Waals surface area (Å²) in [5.74, 6) is 9.46. The summed E-state index contributed by atoms with van der Waals surface area (Å²) in [6, 6.07) is 5.19. The van der Waals surface area contributed by atoms with E-state index in [4.69, 9.17) is 14.6 Å². The Morgan fingerprint density at radius 1 is 1.30 bits per heavy atom. The molecule has 2 unspecified atom stereocenters. The standard InChI is InChI=1S/C21H23NO7S/c1-28-20(25)19(21(29-2)12-14-30(26,27)15-21)22(16-24)18-10-8-17(9-11-18)7-5-3-4-6-13-23/h8-11,16,19,23H,6,12-15H2,1-2H3. The molecular weight excluding hydrogens is 410 g/mol. The van der Waals surface area contributed by atoms with Crippen molar-refractivity contribution in [3.05, 3.63) is 29.8 Å². The van der Waals surface area contributed by atoms with Crippen LogP contribution in [0, 0.1) is 23.7 Å². The Balaban J connectivity index is 2.38.